The summed E-state index contributed by atoms with van der Waals surface area (Å²) in [5.41, 5.74) is 0.368. The van der Waals surface area contributed by atoms with Gasteiger partial charge in [-0.15, -0.1) is 0 Å². The average Bonchev–Trinajstić information content (AvgIpc) is 2.57. The Morgan fingerprint density at radius 2 is 1.94 bits per heavy atom. The van der Waals surface area contributed by atoms with Gasteiger partial charge in [0.1, 0.15) is 5.82 Å². The molecule has 0 bridgehead atoms. The van der Waals surface area contributed by atoms with Gasteiger partial charge in [-0.25, -0.2) is 4.39 Å². The van der Waals surface area contributed by atoms with Crippen molar-refractivity contribution < 1.29 is 9.50 Å². The smallest absolute Gasteiger partial charge is 0.147 e. The largest absolute Gasteiger partial charge is 0.386 e. The number of para-hydroxylation sites is 1. The fraction of sp³-hybridized carbons (Fsp3) is 0.429. The molecule has 92 valence electrons. The first kappa shape index (κ1) is 12.1. The predicted octanol–water partition coefficient (Wildman–Crippen LogP) is 3.59. The maximum atomic E-state index is 13.9. The van der Waals surface area contributed by atoms with Gasteiger partial charge in [-0.05, 0) is 33.8 Å². The van der Waals surface area contributed by atoms with Crippen molar-refractivity contribution in [3.63, 3.8) is 0 Å². The topological polar surface area (TPSA) is 25.2 Å². The van der Waals surface area contributed by atoms with Crippen LogP contribution in [0.5, 0.6) is 0 Å². The van der Waals surface area contributed by atoms with Crippen LogP contribution in [0, 0.1) is 5.82 Å². The molecule has 0 unspecified atom stereocenters. The van der Waals surface area contributed by atoms with E-state index in [1.807, 2.05) is 30.7 Å². The minimum atomic E-state index is -0.966. The van der Waals surface area contributed by atoms with Crippen molar-refractivity contribution in [2.75, 3.05) is 0 Å². The second-order valence-electron chi connectivity index (χ2n) is 5.24. The van der Waals surface area contributed by atoms with Crippen LogP contribution in [0.15, 0.2) is 24.4 Å². The van der Waals surface area contributed by atoms with Crippen molar-refractivity contribution in [3.05, 3.63) is 35.8 Å². The van der Waals surface area contributed by atoms with Crippen molar-refractivity contribution in [3.8, 4) is 0 Å². The molecule has 0 aliphatic carbocycles. The van der Waals surface area contributed by atoms with Crippen LogP contribution in [0.3, 0.4) is 0 Å². The van der Waals surface area contributed by atoms with Crippen LogP contribution < -0.4 is 0 Å². The number of hydrogen-bond donors (Lipinski definition) is 1. The van der Waals surface area contributed by atoms with E-state index in [2.05, 4.69) is 0 Å². The molecule has 2 aromatic rings. The number of aromatic nitrogens is 1. The fourth-order valence-electron chi connectivity index (χ4n) is 2.16. The van der Waals surface area contributed by atoms with E-state index >= 15 is 0 Å². The lowest BCUT2D eigenvalue weighted by Gasteiger charge is -2.16. The minimum Gasteiger partial charge on any atom is -0.386 e. The van der Waals surface area contributed by atoms with Gasteiger partial charge in [0.25, 0.3) is 0 Å². The average molecular weight is 235 g/mol. The number of halogens is 1. The van der Waals surface area contributed by atoms with Crippen molar-refractivity contribution in [2.24, 2.45) is 0 Å². The second kappa shape index (κ2) is 3.84. The van der Waals surface area contributed by atoms with Gasteiger partial charge in [-0.3, -0.25) is 0 Å². The summed E-state index contributed by atoms with van der Waals surface area (Å²) in [5.74, 6) is -0.244. The van der Waals surface area contributed by atoms with Crippen molar-refractivity contribution >= 4 is 10.9 Å². The Labute approximate surface area is 101 Å². The molecule has 0 amide bonds. The molecule has 0 atom stereocenters. The molecule has 0 radical (unpaired) electrons. The molecular formula is C14H18FNO. The van der Waals surface area contributed by atoms with Gasteiger partial charge in [-0.1, -0.05) is 12.1 Å². The van der Waals surface area contributed by atoms with E-state index in [0.717, 1.165) is 10.9 Å². The molecule has 17 heavy (non-hydrogen) atoms. The van der Waals surface area contributed by atoms with E-state index in [4.69, 9.17) is 0 Å². The zero-order valence-corrected chi connectivity index (χ0v) is 10.7. The summed E-state index contributed by atoms with van der Waals surface area (Å²) >= 11 is 0. The molecule has 0 saturated carbocycles. The van der Waals surface area contributed by atoms with Crippen LogP contribution in [0.2, 0.25) is 0 Å². The van der Waals surface area contributed by atoms with Crippen LogP contribution >= 0.6 is 0 Å². The van der Waals surface area contributed by atoms with Crippen LogP contribution in [-0.2, 0) is 5.60 Å². The van der Waals surface area contributed by atoms with Gasteiger partial charge in [0, 0.05) is 23.2 Å². The Bertz CT molecular complexity index is 549. The lowest BCUT2D eigenvalue weighted by Crippen LogP contribution is -2.14. The predicted molar refractivity (Wildman–Crippen MR) is 67.5 cm³/mol. The maximum Gasteiger partial charge on any atom is 0.147 e. The third kappa shape index (κ3) is 1.95. The minimum absolute atomic E-state index is 0.158. The normalized spacial score (nSPS) is 12.6. The highest BCUT2D eigenvalue weighted by molar-refractivity contribution is 5.85. The number of rotatable bonds is 2. The van der Waals surface area contributed by atoms with Gasteiger partial charge in [0.15, 0.2) is 0 Å². The summed E-state index contributed by atoms with van der Waals surface area (Å²) in [6.45, 7) is 7.44. The summed E-state index contributed by atoms with van der Waals surface area (Å²) in [6, 6.07) is 5.14. The molecule has 0 spiro atoms. The number of fused-ring (bicyclic) bond motifs is 1. The Balaban J connectivity index is 2.85. The Hall–Kier alpha value is -1.35. The lowest BCUT2D eigenvalue weighted by molar-refractivity contribution is 0.0799. The summed E-state index contributed by atoms with van der Waals surface area (Å²) in [6.07, 6.45) is 1.85. The van der Waals surface area contributed by atoms with Crippen LogP contribution in [-0.4, -0.2) is 9.67 Å². The molecule has 1 N–H and O–H groups in total. The number of nitrogens with zero attached hydrogens (tertiary/aromatic N) is 1. The molecule has 0 aliphatic heterocycles. The summed E-state index contributed by atoms with van der Waals surface area (Å²) in [4.78, 5) is 0. The van der Waals surface area contributed by atoms with E-state index in [9.17, 15) is 9.50 Å². The van der Waals surface area contributed by atoms with E-state index < -0.39 is 5.60 Å². The molecule has 3 heteroatoms. The van der Waals surface area contributed by atoms with Gasteiger partial charge >= 0.3 is 0 Å². The van der Waals surface area contributed by atoms with E-state index in [0.29, 0.717) is 5.52 Å². The number of hydrogen-bond acceptors (Lipinski definition) is 1. The fourth-order valence-corrected chi connectivity index (χ4v) is 2.16. The highest BCUT2D eigenvalue weighted by Gasteiger charge is 2.24. The van der Waals surface area contributed by atoms with Crippen molar-refractivity contribution in [1.29, 1.82) is 0 Å². The molecule has 0 saturated heterocycles. The van der Waals surface area contributed by atoms with E-state index in [-0.39, 0.29) is 11.9 Å². The SMILES string of the molecule is CC(C)n1cc(C(C)(C)O)c2cccc(F)c21. The summed E-state index contributed by atoms with van der Waals surface area (Å²) < 4.78 is 15.8. The molecule has 0 fully saturated rings. The molecule has 0 aliphatic rings. The Morgan fingerprint density at radius 1 is 1.29 bits per heavy atom. The second-order valence-corrected chi connectivity index (χ2v) is 5.24. The standard InChI is InChI=1S/C14H18FNO/c1-9(2)16-8-11(14(3,4)17)10-6-5-7-12(15)13(10)16/h5-9,17H,1-4H3. The van der Waals surface area contributed by atoms with Gasteiger partial charge in [-0.2, -0.15) is 0 Å². The first-order chi connectivity index (χ1) is 7.82. The van der Waals surface area contributed by atoms with E-state index in [1.54, 1.807) is 19.9 Å². The van der Waals surface area contributed by atoms with Crippen LogP contribution in [0.25, 0.3) is 10.9 Å². The zero-order chi connectivity index (χ0) is 12.8. The van der Waals surface area contributed by atoms with Crippen molar-refractivity contribution in [1.82, 2.24) is 4.57 Å². The monoisotopic (exact) mass is 235 g/mol. The number of benzene rings is 1. The highest BCUT2D eigenvalue weighted by Crippen LogP contribution is 2.33. The molecule has 2 nitrogen and oxygen atoms in total. The highest BCUT2D eigenvalue weighted by atomic mass is 19.1. The first-order valence-corrected chi connectivity index (χ1v) is 5.84. The lowest BCUT2D eigenvalue weighted by atomic mass is 9.98. The Kier molecular flexibility index (Phi) is 2.74. The Morgan fingerprint density at radius 3 is 2.47 bits per heavy atom. The van der Waals surface area contributed by atoms with Crippen molar-refractivity contribution in [2.45, 2.75) is 39.3 Å². The maximum absolute atomic E-state index is 13.9. The first-order valence-electron chi connectivity index (χ1n) is 5.84. The van der Waals surface area contributed by atoms with Gasteiger partial charge in [0.2, 0.25) is 0 Å². The number of aliphatic hydroxyl groups is 1. The van der Waals surface area contributed by atoms with Crippen LogP contribution in [0.1, 0.15) is 39.3 Å². The molecule has 1 aromatic carbocycles. The van der Waals surface area contributed by atoms with Gasteiger partial charge < -0.3 is 9.67 Å². The van der Waals surface area contributed by atoms with Crippen LogP contribution in [0.4, 0.5) is 4.39 Å². The quantitative estimate of drug-likeness (QED) is 0.845. The molecule has 1 heterocycles. The molecular weight excluding hydrogens is 217 g/mol. The molecule has 1 aromatic heterocycles. The van der Waals surface area contributed by atoms with Gasteiger partial charge in [0.05, 0.1) is 11.1 Å². The third-order valence-electron chi connectivity index (χ3n) is 3.02. The van der Waals surface area contributed by atoms with E-state index in [1.165, 1.54) is 6.07 Å². The summed E-state index contributed by atoms with van der Waals surface area (Å²) in [7, 11) is 0. The summed E-state index contributed by atoms with van der Waals surface area (Å²) in [5, 5.41) is 10.9. The molecule has 2 rings (SSSR count). The zero-order valence-electron chi connectivity index (χ0n) is 10.7. The third-order valence-corrected chi connectivity index (χ3v) is 3.02.